The average molecular weight is 283 g/mol. The molecule has 0 heterocycles. The lowest BCUT2D eigenvalue weighted by Gasteiger charge is -2.08. The molecule has 0 aliphatic carbocycles. The predicted molar refractivity (Wildman–Crippen MR) is 78.0 cm³/mol. The van der Waals surface area contributed by atoms with Crippen molar-refractivity contribution < 1.29 is 9.66 Å². The second-order valence-corrected chi connectivity index (χ2v) is 4.25. The number of nitro benzene ring substituents is 1. The molecule has 0 fully saturated rings. The van der Waals surface area contributed by atoms with Crippen LogP contribution in [0.4, 0.5) is 11.4 Å². The van der Waals surface area contributed by atoms with Crippen LogP contribution in [0.3, 0.4) is 0 Å². The van der Waals surface area contributed by atoms with Gasteiger partial charge < -0.3 is 10.1 Å². The molecule has 2 aromatic carbocycles. The number of rotatable bonds is 6. The van der Waals surface area contributed by atoms with Crippen molar-refractivity contribution in [2.24, 2.45) is 0 Å². The second-order valence-electron chi connectivity index (χ2n) is 4.25. The Bertz CT molecular complexity index is 663. The Morgan fingerprint density at radius 1 is 1.24 bits per heavy atom. The Hall–Kier alpha value is -3.07. The van der Waals surface area contributed by atoms with Gasteiger partial charge >= 0.3 is 0 Å². The average Bonchev–Trinajstić information content (AvgIpc) is 2.52. The number of ether oxygens (including phenoxy) is 1. The third-order valence-electron chi connectivity index (χ3n) is 2.78. The van der Waals surface area contributed by atoms with Gasteiger partial charge in [0.2, 0.25) is 0 Å². The highest BCUT2D eigenvalue weighted by Gasteiger charge is 2.04. The molecule has 6 heteroatoms. The molecule has 1 N–H and O–H groups in total. The van der Waals surface area contributed by atoms with E-state index in [1.165, 1.54) is 12.1 Å². The van der Waals surface area contributed by atoms with Crippen LogP contribution in [0.2, 0.25) is 0 Å². The minimum atomic E-state index is -0.423. The van der Waals surface area contributed by atoms with Crippen molar-refractivity contribution in [1.82, 2.24) is 0 Å². The summed E-state index contributed by atoms with van der Waals surface area (Å²) in [5.41, 5.74) is 1.86. The van der Waals surface area contributed by atoms with Gasteiger partial charge in [0.1, 0.15) is 11.8 Å². The van der Waals surface area contributed by atoms with Gasteiger partial charge in [-0.2, -0.15) is 5.26 Å². The number of nitriles is 1. The molecule has 0 bridgehead atoms. The van der Waals surface area contributed by atoms with E-state index in [2.05, 4.69) is 5.32 Å². The summed E-state index contributed by atoms with van der Waals surface area (Å²) in [7, 11) is 0. The van der Waals surface area contributed by atoms with E-state index in [4.69, 9.17) is 10.00 Å². The van der Waals surface area contributed by atoms with Crippen molar-refractivity contribution >= 4 is 11.4 Å². The molecule has 2 aromatic rings. The summed E-state index contributed by atoms with van der Waals surface area (Å²) in [5.74, 6) is 0.616. The van der Waals surface area contributed by atoms with Crippen LogP contribution in [0.25, 0.3) is 0 Å². The summed E-state index contributed by atoms with van der Waals surface area (Å²) in [4.78, 5) is 10.1. The molecule has 21 heavy (non-hydrogen) atoms. The molecule has 0 radical (unpaired) electrons. The van der Waals surface area contributed by atoms with E-state index in [9.17, 15) is 10.1 Å². The summed E-state index contributed by atoms with van der Waals surface area (Å²) in [6, 6.07) is 15.6. The van der Waals surface area contributed by atoms with E-state index in [0.717, 1.165) is 11.3 Å². The third kappa shape index (κ3) is 4.21. The number of nitrogens with zero attached hydrogens (tertiary/aromatic N) is 2. The maximum atomic E-state index is 10.6. The van der Waals surface area contributed by atoms with E-state index in [0.29, 0.717) is 12.3 Å². The van der Waals surface area contributed by atoms with E-state index >= 15 is 0 Å². The van der Waals surface area contributed by atoms with Crippen molar-refractivity contribution in [3.63, 3.8) is 0 Å². The Morgan fingerprint density at radius 2 is 2.00 bits per heavy atom. The molecule has 0 saturated heterocycles. The fraction of sp³-hybridized carbons (Fsp3) is 0.133. The highest BCUT2D eigenvalue weighted by Crippen LogP contribution is 2.18. The third-order valence-corrected chi connectivity index (χ3v) is 2.78. The molecule has 0 atom stereocenters. The lowest BCUT2D eigenvalue weighted by Crippen LogP contribution is -2.00. The van der Waals surface area contributed by atoms with Crippen LogP contribution < -0.4 is 10.1 Å². The van der Waals surface area contributed by atoms with Crippen molar-refractivity contribution in [3.05, 3.63) is 64.2 Å². The fourth-order valence-corrected chi connectivity index (χ4v) is 1.75. The van der Waals surface area contributed by atoms with Gasteiger partial charge in [-0.05, 0) is 17.7 Å². The molecule has 0 saturated carbocycles. The van der Waals surface area contributed by atoms with Gasteiger partial charge in [0.25, 0.3) is 5.69 Å². The van der Waals surface area contributed by atoms with Crippen molar-refractivity contribution in [1.29, 1.82) is 5.26 Å². The van der Waals surface area contributed by atoms with Gasteiger partial charge in [0.05, 0.1) is 4.92 Å². The smallest absolute Gasteiger partial charge is 0.269 e. The van der Waals surface area contributed by atoms with Gasteiger partial charge in [-0.15, -0.1) is 0 Å². The van der Waals surface area contributed by atoms with Crippen LogP contribution in [0.5, 0.6) is 5.75 Å². The molecule has 0 aliphatic heterocycles. The highest BCUT2D eigenvalue weighted by molar-refractivity contribution is 5.48. The van der Waals surface area contributed by atoms with Gasteiger partial charge in [0, 0.05) is 30.4 Å². The SMILES string of the molecule is N#CCOc1cccc(NCc2ccc([N+](=O)[O-])cc2)c1. The van der Waals surface area contributed by atoms with Crippen molar-refractivity contribution in [2.75, 3.05) is 11.9 Å². The Labute approximate surface area is 121 Å². The zero-order chi connectivity index (χ0) is 15.1. The lowest BCUT2D eigenvalue weighted by atomic mass is 10.2. The minimum absolute atomic E-state index is 0.00576. The molecule has 2 rings (SSSR count). The summed E-state index contributed by atoms with van der Waals surface area (Å²) >= 11 is 0. The normalized spacial score (nSPS) is 9.67. The minimum Gasteiger partial charge on any atom is -0.479 e. The number of nitrogens with one attached hydrogen (secondary N) is 1. The number of hydrogen-bond acceptors (Lipinski definition) is 5. The van der Waals surface area contributed by atoms with Gasteiger partial charge in [-0.1, -0.05) is 18.2 Å². The maximum Gasteiger partial charge on any atom is 0.269 e. The molecule has 0 spiro atoms. The van der Waals surface area contributed by atoms with Crippen LogP contribution in [0.15, 0.2) is 48.5 Å². The molecule has 0 unspecified atom stereocenters. The number of non-ortho nitro benzene ring substituents is 1. The predicted octanol–water partition coefficient (Wildman–Crippen LogP) is 3.11. The van der Waals surface area contributed by atoms with Crippen molar-refractivity contribution in [2.45, 2.75) is 6.54 Å². The monoisotopic (exact) mass is 283 g/mol. The summed E-state index contributed by atoms with van der Waals surface area (Å²) in [6.07, 6.45) is 0. The first-order valence-corrected chi connectivity index (χ1v) is 6.26. The number of nitro groups is 1. The van der Waals surface area contributed by atoms with E-state index in [1.54, 1.807) is 24.3 Å². The van der Waals surface area contributed by atoms with Crippen LogP contribution in [-0.2, 0) is 6.54 Å². The standard InChI is InChI=1S/C15H13N3O3/c16-8-9-21-15-3-1-2-13(10-15)17-11-12-4-6-14(7-5-12)18(19)20/h1-7,10,17H,9,11H2. The summed E-state index contributed by atoms with van der Waals surface area (Å²) < 4.78 is 5.21. The topological polar surface area (TPSA) is 88.2 Å². The second kappa shape index (κ2) is 6.91. The Kier molecular flexibility index (Phi) is 4.72. The van der Waals surface area contributed by atoms with E-state index < -0.39 is 4.92 Å². The van der Waals surface area contributed by atoms with Crippen LogP contribution in [-0.4, -0.2) is 11.5 Å². The number of hydrogen-bond donors (Lipinski definition) is 1. The summed E-state index contributed by atoms with van der Waals surface area (Å²) in [6.45, 7) is 0.547. The number of benzene rings is 2. The first-order valence-electron chi connectivity index (χ1n) is 6.26. The van der Waals surface area contributed by atoms with Crippen LogP contribution in [0.1, 0.15) is 5.56 Å². The lowest BCUT2D eigenvalue weighted by molar-refractivity contribution is -0.384. The highest BCUT2D eigenvalue weighted by atomic mass is 16.6. The largest absolute Gasteiger partial charge is 0.479 e. The molecule has 6 nitrogen and oxygen atoms in total. The van der Waals surface area contributed by atoms with E-state index in [-0.39, 0.29) is 12.3 Å². The zero-order valence-corrected chi connectivity index (χ0v) is 11.2. The Morgan fingerprint density at radius 3 is 2.67 bits per heavy atom. The molecule has 0 amide bonds. The van der Waals surface area contributed by atoms with Gasteiger partial charge in [-0.3, -0.25) is 10.1 Å². The zero-order valence-electron chi connectivity index (χ0n) is 11.2. The van der Waals surface area contributed by atoms with Crippen LogP contribution in [0, 0.1) is 21.4 Å². The molecule has 106 valence electrons. The molecular formula is C15H13N3O3. The summed E-state index contributed by atoms with van der Waals surface area (Å²) in [5, 5.41) is 22.2. The molecular weight excluding hydrogens is 270 g/mol. The quantitative estimate of drug-likeness (QED) is 0.650. The maximum absolute atomic E-state index is 10.6. The Balaban J connectivity index is 1.96. The first-order chi connectivity index (χ1) is 10.2. The number of anilines is 1. The van der Waals surface area contributed by atoms with Gasteiger partial charge in [0.15, 0.2) is 6.61 Å². The molecule has 0 aromatic heterocycles. The first kappa shape index (κ1) is 14.3. The molecule has 0 aliphatic rings. The van der Waals surface area contributed by atoms with Crippen LogP contribution >= 0.6 is 0 Å². The van der Waals surface area contributed by atoms with Gasteiger partial charge in [-0.25, -0.2) is 0 Å². The fourth-order valence-electron chi connectivity index (χ4n) is 1.75. The van der Waals surface area contributed by atoms with Crippen molar-refractivity contribution in [3.8, 4) is 11.8 Å². The van der Waals surface area contributed by atoms with E-state index in [1.807, 2.05) is 18.2 Å².